The van der Waals surface area contributed by atoms with Crippen LogP contribution in [0.4, 0.5) is 0 Å². The zero-order valence-corrected chi connectivity index (χ0v) is 7.54. The van der Waals surface area contributed by atoms with Gasteiger partial charge in [-0.25, -0.2) is 4.98 Å². The van der Waals surface area contributed by atoms with E-state index in [1.54, 1.807) is 0 Å². The Hall–Kier alpha value is -1.02. The minimum absolute atomic E-state index is 0.706. The number of rotatable bonds is 1. The molecule has 0 unspecified atom stereocenters. The normalized spacial score (nSPS) is 10.8. The Labute approximate surface area is 75.8 Å². The van der Waals surface area contributed by atoms with Crippen LogP contribution >= 0.6 is 11.6 Å². The predicted octanol–water partition coefficient (Wildman–Crippen LogP) is 2.55. The lowest BCUT2D eigenvalue weighted by Gasteiger charge is -1.97. The average molecular weight is 181 g/mol. The fourth-order valence-corrected chi connectivity index (χ4v) is 1.50. The summed E-state index contributed by atoms with van der Waals surface area (Å²) in [6, 6.07) is 3.78. The fraction of sp³-hybridized carbons (Fsp3) is 0.222. The number of halogens is 1. The number of hydrogen-bond acceptors (Lipinski definition) is 1. The third-order valence-electron chi connectivity index (χ3n) is 1.93. The molecule has 0 fully saturated rings. The summed E-state index contributed by atoms with van der Waals surface area (Å²) >= 11 is 5.94. The van der Waals surface area contributed by atoms with E-state index in [4.69, 9.17) is 11.6 Å². The van der Waals surface area contributed by atoms with Gasteiger partial charge in [-0.3, -0.25) is 0 Å². The van der Waals surface area contributed by atoms with Gasteiger partial charge in [-0.1, -0.05) is 18.5 Å². The number of aryl methyl sites for hydroxylation is 1. The van der Waals surface area contributed by atoms with Gasteiger partial charge in [0.05, 0.1) is 5.02 Å². The highest BCUT2D eigenvalue weighted by Crippen LogP contribution is 2.16. The van der Waals surface area contributed by atoms with Gasteiger partial charge in [0.2, 0.25) is 0 Å². The van der Waals surface area contributed by atoms with E-state index >= 15 is 0 Å². The van der Waals surface area contributed by atoms with Crippen LogP contribution in [0.2, 0.25) is 5.02 Å². The van der Waals surface area contributed by atoms with Crippen LogP contribution in [0.25, 0.3) is 5.65 Å². The van der Waals surface area contributed by atoms with E-state index in [0.717, 1.165) is 12.1 Å². The Bertz CT molecular complexity index is 406. The SMILES string of the molecule is CCc1cnc2c(Cl)cccn12. The molecule has 0 amide bonds. The monoisotopic (exact) mass is 180 g/mol. The standard InChI is InChI=1S/C9H9ClN2/c1-2-7-6-11-9-8(10)4-3-5-12(7)9/h3-6H,2H2,1H3. The van der Waals surface area contributed by atoms with Gasteiger partial charge in [-0.15, -0.1) is 0 Å². The second-order valence-electron chi connectivity index (χ2n) is 2.65. The zero-order chi connectivity index (χ0) is 8.55. The zero-order valence-electron chi connectivity index (χ0n) is 6.79. The third-order valence-corrected chi connectivity index (χ3v) is 2.22. The summed E-state index contributed by atoms with van der Waals surface area (Å²) < 4.78 is 2.02. The Kier molecular flexibility index (Phi) is 1.77. The molecule has 2 aromatic rings. The Balaban J connectivity index is 2.80. The highest BCUT2D eigenvalue weighted by molar-refractivity contribution is 6.33. The summed E-state index contributed by atoms with van der Waals surface area (Å²) in [5, 5.41) is 0.706. The van der Waals surface area contributed by atoms with Crippen molar-refractivity contribution in [1.29, 1.82) is 0 Å². The van der Waals surface area contributed by atoms with Crippen LogP contribution in [0.5, 0.6) is 0 Å². The molecule has 0 saturated heterocycles. The van der Waals surface area contributed by atoms with E-state index in [9.17, 15) is 0 Å². The third kappa shape index (κ3) is 0.994. The number of nitrogens with zero attached hydrogens (tertiary/aromatic N) is 2. The van der Waals surface area contributed by atoms with Gasteiger partial charge in [0.15, 0.2) is 5.65 Å². The van der Waals surface area contributed by atoms with E-state index in [-0.39, 0.29) is 0 Å². The van der Waals surface area contributed by atoms with E-state index < -0.39 is 0 Å². The molecule has 62 valence electrons. The first-order valence-electron chi connectivity index (χ1n) is 3.93. The Morgan fingerprint density at radius 3 is 3.17 bits per heavy atom. The molecule has 0 spiro atoms. The number of hydrogen-bond donors (Lipinski definition) is 0. The van der Waals surface area contributed by atoms with Crippen molar-refractivity contribution in [2.75, 3.05) is 0 Å². The van der Waals surface area contributed by atoms with Crippen LogP contribution < -0.4 is 0 Å². The molecule has 0 bridgehead atoms. The van der Waals surface area contributed by atoms with Gasteiger partial charge in [0.1, 0.15) is 0 Å². The lowest BCUT2D eigenvalue weighted by molar-refractivity contribution is 0.995. The fourth-order valence-electron chi connectivity index (χ4n) is 1.29. The topological polar surface area (TPSA) is 17.3 Å². The first kappa shape index (κ1) is 7.62. The van der Waals surface area contributed by atoms with Crippen molar-refractivity contribution in [2.45, 2.75) is 13.3 Å². The van der Waals surface area contributed by atoms with E-state index in [1.165, 1.54) is 5.69 Å². The summed E-state index contributed by atoms with van der Waals surface area (Å²) in [5.41, 5.74) is 2.03. The molecule has 0 N–H and O–H groups in total. The van der Waals surface area contributed by atoms with E-state index in [1.807, 2.05) is 28.9 Å². The second kappa shape index (κ2) is 2.79. The average Bonchev–Trinajstić information content (AvgIpc) is 2.49. The lowest BCUT2D eigenvalue weighted by Crippen LogP contribution is -1.89. The first-order valence-corrected chi connectivity index (χ1v) is 4.31. The van der Waals surface area contributed by atoms with Crippen LogP contribution in [0.3, 0.4) is 0 Å². The molecule has 0 aromatic carbocycles. The minimum Gasteiger partial charge on any atom is -0.303 e. The van der Waals surface area contributed by atoms with E-state index in [2.05, 4.69) is 11.9 Å². The summed E-state index contributed by atoms with van der Waals surface area (Å²) in [5.74, 6) is 0. The summed E-state index contributed by atoms with van der Waals surface area (Å²) in [6.45, 7) is 2.10. The van der Waals surface area contributed by atoms with Crippen molar-refractivity contribution >= 4 is 17.2 Å². The van der Waals surface area contributed by atoms with Crippen molar-refractivity contribution in [3.05, 3.63) is 35.2 Å². The molecule has 0 aliphatic heterocycles. The maximum absolute atomic E-state index is 5.94. The number of aromatic nitrogens is 2. The van der Waals surface area contributed by atoms with Gasteiger partial charge in [0.25, 0.3) is 0 Å². The van der Waals surface area contributed by atoms with Gasteiger partial charge >= 0.3 is 0 Å². The maximum Gasteiger partial charge on any atom is 0.155 e. The van der Waals surface area contributed by atoms with Crippen LogP contribution in [0, 0.1) is 0 Å². The lowest BCUT2D eigenvalue weighted by atomic mass is 10.3. The summed E-state index contributed by atoms with van der Waals surface area (Å²) in [7, 11) is 0. The Morgan fingerprint density at radius 2 is 2.42 bits per heavy atom. The van der Waals surface area contributed by atoms with Gasteiger partial charge in [0, 0.05) is 18.1 Å². The predicted molar refractivity (Wildman–Crippen MR) is 49.6 cm³/mol. The molecule has 0 aliphatic carbocycles. The quantitative estimate of drug-likeness (QED) is 0.660. The van der Waals surface area contributed by atoms with Crippen LogP contribution in [0.1, 0.15) is 12.6 Å². The molecule has 2 heterocycles. The molecule has 0 atom stereocenters. The molecule has 0 radical (unpaired) electrons. The summed E-state index contributed by atoms with van der Waals surface area (Å²) in [4.78, 5) is 4.22. The molecule has 2 aromatic heterocycles. The van der Waals surface area contributed by atoms with Crippen molar-refractivity contribution in [2.24, 2.45) is 0 Å². The molecule has 0 aliphatic rings. The number of pyridine rings is 1. The highest BCUT2D eigenvalue weighted by atomic mass is 35.5. The maximum atomic E-state index is 5.94. The van der Waals surface area contributed by atoms with Gasteiger partial charge in [-0.05, 0) is 18.6 Å². The van der Waals surface area contributed by atoms with Crippen molar-refractivity contribution in [3.63, 3.8) is 0 Å². The largest absolute Gasteiger partial charge is 0.303 e. The van der Waals surface area contributed by atoms with Crippen LogP contribution in [0.15, 0.2) is 24.5 Å². The van der Waals surface area contributed by atoms with Gasteiger partial charge < -0.3 is 4.40 Å². The first-order chi connectivity index (χ1) is 5.83. The molecule has 12 heavy (non-hydrogen) atoms. The van der Waals surface area contributed by atoms with E-state index in [0.29, 0.717) is 5.02 Å². The molecule has 3 heteroatoms. The molecular weight excluding hydrogens is 172 g/mol. The molecule has 2 rings (SSSR count). The van der Waals surface area contributed by atoms with Crippen molar-refractivity contribution in [3.8, 4) is 0 Å². The molecular formula is C9H9ClN2. The van der Waals surface area contributed by atoms with Crippen LogP contribution in [-0.4, -0.2) is 9.38 Å². The number of imidazole rings is 1. The molecule has 0 saturated carbocycles. The minimum atomic E-state index is 0.706. The highest BCUT2D eigenvalue weighted by Gasteiger charge is 2.02. The number of fused-ring (bicyclic) bond motifs is 1. The smallest absolute Gasteiger partial charge is 0.155 e. The van der Waals surface area contributed by atoms with Crippen molar-refractivity contribution < 1.29 is 0 Å². The van der Waals surface area contributed by atoms with Crippen LogP contribution in [-0.2, 0) is 6.42 Å². The molecule has 2 nitrogen and oxygen atoms in total. The van der Waals surface area contributed by atoms with Gasteiger partial charge in [-0.2, -0.15) is 0 Å². The summed E-state index contributed by atoms with van der Waals surface area (Å²) in [6.07, 6.45) is 4.82. The second-order valence-corrected chi connectivity index (χ2v) is 3.06. The van der Waals surface area contributed by atoms with Crippen molar-refractivity contribution in [1.82, 2.24) is 9.38 Å². The Morgan fingerprint density at radius 1 is 1.58 bits per heavy atom.